The number of hydrogen-bond donors (Lipinski definition) is 0. The number of halogens is 1. The summed E-state index contributed by atoms with van der Waals surface area (Å²) in [7, 11) is 3.13. The average Bonchev–Trinajstić information content (AvgIpc) is 3.29. The lowest BCUT2D eigenvalue weighted by atomic mass is 9.97. The van der Waals surface area contributed by atoms with Gasteiger partial charge in [-0.05, 0) is 37.1 Å². The molecule has 30 heavy (non-hydrogen) atoms. The molecular formula is C22H22ClN3O4. The highest BCUT2D eigenvalue weighted by Crippen LogP contribution is 2.30. The standard InChI is InChI=1S/C22H22ClN3O4/c1-28-18-10-16(11-19(12-18)29-2)22(27)26-8-4-6-15(13-26)21-24-20(25-30-21)14-5-3-7-17(23)9-14/h3,5,7,9-12,15H,4,6,8,13H2,1-2H3. The zero-order valence-electron chi connectivity index (χ0n) is 16.8. The maximum absolute atomic E-state index is 13.1. The molecule has 1 atom stereocenters. The van der Waals surface area contributed by atoms with E-state index in [-0.39, 0.29) is 11.8 Å². The minimum absolute atomic E-state index is 0.0179. The molecule has 4 rings (SSSR count). The van der Waals surface area contributed by atoms with Gasteiger partial charge in [0.15, 0.2) is 0 Å². The fourth-order valence-electron chi connectivity index (χ4n) is 3.62. The summed E-state index contributed by atoms with van der Waals surface area (Å²) in [6.07, 6.45) is 1.73. The van der Waals surface area contributed by atoms with E-state index < -0.39 is 0 Å². The van der Waals surface area contributed by atoms with Crippen molar-refractivity contribution in [1.82, 2.24) is 15.0 Å². The second-order valence-corrected chi connectivity index (χ2v) is 7.59. The molecule has 0 bridgehead atoms. The summed E-state index contributed by atoms with van der Waals surface area (Å²) >= 11 is 6.06. The fourth-order valence-corrected chi connectivity index (χ4v) is 3.81. The van der Waals surface area contributed by atoms with Crippen LogP contribution < -0.4 is 9.47 Å². The van der Waals surface area contributed by atoms with E-state index in [9.17, 15) is 4.79 Å². The average molecular weight is 428 g/mol. The molecule has 0 spiro atoms. The molecule has 3 aromatic rings. The van der Waals surface area contributed by atoms with Gasteiger partial charge in [0, 0.05) is 35.3 Å². The Labute approximate surface area is 179 Å². The van der Waals surface area contributed by atoms with E-state index in [2.05, 4.69) is 10.1 Å². The molecule has 1 amide bonds. The largest absolute Gasteiger partial charge is 0.497 e. The minimum Gasteiger partial charge on any atom is -0.497 e. The molecule has 156 valence electrons. The molecule has 1 aliphatic heterocycles. The maximum atomic E-state index is 13.1. The van der Waals surface area contributed by atoms with Crippen molar-refractivity contribution in [3.63, 3.8) is 0 Å². The predicted molar refractivity (Wildman–Crippen MR) is 112 cm³/mol. The summed E-state index contributed by atoms with van der Waals surface area (Å²) in [6.45, 7) is 1.18. The molecule has 1 unspecified atom stereocenters. The molecule has 0 radical (unpaired) electrons. The highest BCUT2D eigenvalue weighted by Gasteiger charge is 2.29. The van der Waals surface area contributed by atoms with Gasteiger partial charge in [0.05, 0.1) is 20.1 Å². The van der Waals surface area contributed by atoms with Gasteiger partial charge < -0.3 is 18.9 Å². The summed E-state index contributed by atoms with van der Waals surface area (Å²) in [5.41, 5.74) is 1.32. The summed E-state index contributed by atoms with van der Waals surface area (Å²) in [4.78, 5) is 19.5. The van der Waals surface area contributed by atoms with E-state index in [1.165, 1.54) is 0 Å². The molecule has 1 aromatic heterocycles. The first kappa shape index (κ1) is 20.2. The number of amides is 1. The smallest absolute Gasteiger partial charge is 0.254 e. The number of benzene rings is 2. The number of piperidine rings is 1. The Morgan fingerprint density at radius 2 is 1.93 bits per heavy atom. The van der Waals surface area contributed by atoms with Crippen LogP contribution in [0.2, 0.25) is 5.02 Å². The van der Waals surface area contributed by atoms with Gasteiger partial charge in [0.2, 0.25) is 11.7 Å². The molecule has 0 N–H and O–H groups in total. The molecular weight excluding hydrogens is 406 g/mol. The number of methoxy groups -OCH3 is 2. The Morgan fingerprint density at radius 1 is 1.17 bits per heavy atom. The lowest BCUT2D eigenvalue weighted by Gasteiger charge is -2.31. The number of likely N-dealkylation sites (tertiary alicyclic amines) is 1. The number of aromatic nitrogens is 2. The maximum Gasteiger partial charge on any atom is 0.254 e. The van der Waals surface area contributed by atoms with E-state index in [4.69, 9.17) is 25.6 Å². The monoisotopic (exact) mass is 427 g/mol. The number of carbonyl (C=O) groups is 1. The van der Waals surface area contributed by atoms with Gasteiger partial charge in [-0.1, -0.05) is 28.9 Å². The van der Waals surface area contributed by atoms with Gasteiger partial charge in [-0.3, -0.25) is 4.79 Å². The Balaban J connectivity index is 1.52. The van der Waals surface area contributed by atoms with Crippen LogP contribution in [0, 0.1) is 0 Å². The first-order valence-electron chi connectivity index (χ1n) is 9.69. The summed E-state index contributed by atoms with van der Waals surface area (Å²) in [5, 5.41) is 4.71. The summed E-state index contributed by atoms with van der Waals surface area (Å²) < 4.78 is 16.1. The van der Waals surface area contributed by atoms with Gasteiger partial charge in [-0.25, -0.2) is 0 Å². The summed E-state index contributed by atoms with van der Waals surface area (Å²) in [5.74, 6) is 2.09. The second kappa shape index (κ2) is 8.75. The molecule has 0 aliphatic carbocycles. The van der Waals surface area contributed by atoms with Crippen molar-refractivity contribution in [3.8, 4) is 22.9 Å². The lowest BCUT2D eigenvalue weighted by Crippen LogP contribution is -2.39. The van der Waals surface area contributed by atoms with Crippen molar-refractivity contribution in [1.29, 1.82) is 0 Å². The quantitative estimate of drug-likeness (QED) is 0.599. The Bertz CT molecular complexity index is 1030. The number of nitrogens with zero attached hydrogens (tertiary/aromatic N) is 3. The van der Waals surface area contributed by atoms with Crippen molar-refractivity contribution >= 4 is 17.5 Å². The Morgan fingerprint density at radius 3 is 2.63 bits per heavy atom. The minimum atomic E-state index is -0.0773. The third-order valence-electron chi connectivity index (χ3n) is 5.18. The van der Waals surface area contributed by atoms with Crippen molar-refractivity contribution in [2.24, 2.45) is 0 Å². The van der Waals surface area contributed by atoms with Gasteiger partial charge >= 0.3 is 0 Å². The van der Waals surface area contributed by atoms with Gasteiger partial charge in [0.1, 0.15) is 11.5 Å². The molecule has 1 aliphatic rings. The topological polar surface area (TPSA) is 77.7 Å². The van der Waals surface area contributed by atoms with Crippen LogP contribution in [0.25, 0.3) is 11.4 Å². The van der Waals surface area contributed by atoms with Crippen LogP contribution in [0.4, 0.5) is 0 Å². The SMILES string of the molecule is COc1cc(OC)cc(C(=O)N2CCCC(c3nc(-c4cccc(Cl)c4)no3)C2)c1. The molecule has 0 saturated carbocycles. The van der Waals surface area contributed by atoms with Crippen LogP contribution >= 0.6 is 11.6 Å². The van der Waals surface area contributed by atoms with Crippen LogP contribution in [0.15, 0.2) is 47.0 Å². The van der Waals surface area contributed by atoms with Crippen LogP contribution in [0.5, 0.6) is 11.5 Å². The lowest BCUT2D eigenvalue weighted by molar-refractivity contribution is 0.0695. The van der Waals surface area contributed by atoms with E-state index in [0.717, 1.165) is 18.4 Å². The molecule has 7 nitrogen and oxygen atoms in total. The van der Waals surface area contributed by atoms with E-state index in [1.807, 2.05) is 17.0 Å². The zero-order valence-corrected chi connectivity index (χ0v) is 17.6. The van der Waals surface area contributed by atoms with Crippen LogP contribution in [-0.4, -0.2) is 48.3 Å². The van der Waals surface area contributed by atoms with E-state index in [1.54, 1.807) is 44.6 Å². The van der Waals surface area contributed by atoms with Gasteiger partial charge in [0.25, 0.3) is 5.91 Å². The van der Waals surface area contributed by atoms with E-state index >= 15 is 0 Å². The Hall–Kier alpha value is -3.06. The number of carbonyl (C=O) groups excluding carboxylic acids is 1. The first-order valence-corrected chi connectivity index (χ1v) is 10.1. The number of hydrogen-bond acceptors (Lipinski definition) is 6. The third-order valence-corrected chi connectivity index (χ3v) is 5.42. The van der Waals surface area contributed by atoms with Crippen molar-refractivity contribution in [2.45, 2.75) is 18.8 Å². The van der Waals surface area contributed by atoms with Crippen molar-refractivity contribution < 1.29 is 18.8 Å². The van der Waals surface area contributed by atoms with E-state index in [0.29, 0.717) is 46.9 Å². The van der Waals surface area contributed by atoms with Crippen molar-refractivity contribution in [2.75, 3.05) is 27.3 Å². The van der Waals surface area contributed by atoms with Crippen LogP contribution in [0.3, 0.4) is 0 Å². The molecule has 2 heterocycles. The highest BCUT2D eigenvalue weighted by atomic mass is 35.5. The first-order chi connectivity index (χ1) is 14.6. The van der Waals surface area contributed by atoms with Gasteiger partial charge in [-0.2, -0.15) is 4.98 Å². The van der Waals surface area contributed by atoms with Crippen LogP contribution in [0.1, 0.15) is 35.0 Å². The summed E-state index contributed by atoms with van der Waals surface area (Å²) in [6, 6.07) is 12.5. The molecule has 1 saturated heterocycles. The zero-order chi connectivity index (χ0) is 21.1. The highest BCUT2D eigenvalue weighted by molar-refractivity contribution is 6.30. The number of ether oxygens (including phenoxy) is 2. The normalized spacial score (nSPS) is 16.4. The molecule has 2 aromatic carbocycles. The fraction of sp³-hybridized carbons (Fsp3) is 0.318. The van der Waals surface area contributed by atoms with Crippen molar-refractivity contribution in [3.05, 3.63) is 58.9 Å². The third kappa shape index (κ3) is 4.26. The number of rotatable bonds is 5. The predicted octanol–water partition coefficient (Wildman–Crippen LogP) is 4.43. The van der Waals surface area contributed by atoms with Crippen LogP contribution in [-0.2, 0) is 0 Å². The second-order valence-electron chi connectivity index (χ2n) is 7.16. The molecule has 8 heteroatoms. The molecule has 1 fully saturated rings. The Kier molecular flexibility index (Phi) is 5.90. The van der Waals surface area contributed by atoms with Gasteiger partial charge in [-0.15, -0.1) is 0 Å².